The number of piperidine rings is 1. The Morgan fingerprint density at radius 1 is 1.07 bits per heavy atom. The Hall–Kier alpha value is -2.38. The fourth-order valence-corrected chi connectivity index (χ4v) is 4.08. The molecule has 0 radical (unpaired) electrons. The average molecular weight is 390 g/mol. The normalized spacial score (nSPS) is 23.4. The van der Waals surface area contributed by atoms with E-state index in [2.05, 4.69) is 0 Å². The van der Waals surface area contributed by atoms with Crippen LogP contribution in [0.1, 0.15) is 18.4 Å². The molecule has 2 heterocycles. The molecule has 0 saturated carbocycles. The van der Waals surface area contributed by atoms with E-state index in [1.165, 1.54) is 18.2 Å². The zero-order valence-corrected chi connectivity index (χ0v) is 15.3. The summed E-state index contributed by atoms with van der Waals surface area (Å²) in [4.78, 5) is 15.9. The third-order valence-corrected chi connectivity index (χ3v) is 5.41. The Kier molecular flexibility index (Phi) is 5.12. The van der Waals surface area contributed by atoms with Crippen molar-refractivity contribution in [3.8, 4) is 0 Å². The number of hydrogen-bond acceptors (Lipinski definition) is 3. The number of nitrogens with zero attached hydrogens (tertiary/aromatic N) is 2. The average Bonchev–Trinajstić information content (AvgIpc) is 2.68. The van der Waals surface area contributed by atoms with Gasteiger partial charge in [0.05, 0.1) is 12.1 Å². The molecule has 0 aromatic heterocycles. The molecule has 148 valence electrons. The molecule has 1 unspecified atom stereocenters. The molecular formula is C21H21F3N2O2. The van der Waals surface area contributed by atoms with Crippen molar-refractivity contribution in [1.82, 2.24) is 4.90 Å². The summed E-state index contributed by atoms with van der Waals surface area (Å²) in [7, 11) is 0. The molecular weight excluding hydrogens is 369 g/mol. The Labute approximate surface area is 161 Å². The third kappa shape index (κ3) is 3.77. The predicted molar refractivity (Wildman–Crippen MR) is 98.3 cm³/mol. The molecule has 2 aliphatic rings. The van der Waals surface area contributed by atoms with Gasteiger partial charge in [-0.25, -0.2) is 13.2 Å². The molecule has 1 spiro atoms. The zero-order chi connectivity index (χ0) is 19.7. The van der Waals surface area contributed by atoms with Crippen LogP contribution >= 0.6 is 0 Å². The lowest BCUT2D eigenvalue weighted by Gasteiger charge is -2.47. The van der Waals surface area contributed by atoms with E-state index >= 15 is 0 Å². The van der Waals surface area contributed by atoms with Crippen LogP contribution in [-0.4, -0.2) is 42.6 Å². The predicted octanol–water partition coefficient (Wildman–Crippen LogP) is 3.50. The van der Waals surface area contributed by atoms with Crippen molar-refractivity contribution >= 4 is 11.6 Å². The van der Waals surface area contributed by atoms with Gasteiger partial charge in [-0.1, -0.05) is 18.2 Å². The molecule has 2 aromatic rings. The number of amides is 1. The number of carbonyl (C=O) groups excluding carboxylic acids is 1. The highest BCUT2D eigenvalue weighted by atomic mass is 19.2. The van der Waals surface area contributed by atoms with Crippen LogP contribution in [0.15, 0.2) is 42.5 Å². The summed E-state index contributed by atoms with van der Waals surface area (Å²) in [6.07, 6.45) is 1.55. The number of morpholine rings is 1. The van der Waals surface area contributed by atoms with E-state index in [0.717, 1.165) is 25.5 Å². The molecule has 2 aromatic carbocycles. The van der Waals surface area contributed by atoms with Gasteiger partial charge in [0, 0.05) is 24.3 Å². The topological polar surface area (TPSA) is 32.8 Å². The molecule has 7 heteroatoms. The maximum atomic E-state index is 14.0. The maximum absolute atomic E-state index is 14.0. The van der Waals surface area contributed by atoms with E-state index in [1.807, 2.05) is 4.90 Å². The standard InChI is InChI=1S/C21H21F3N2O2/c22-16-5-2-6-17(10-16)26-14-21(28-12-19(26)27)8-3-9-25(13-21)11-15-4-1-7-18(23)20(15)24/h1-2,4-7,10H,3,8-9,11-14H2. The first kappa shape index (κ1) is 19.0. The van der Waals surface area contributed by atoms with E-state index in [1.54, 1.807) is 23.1 Å². The fourth-order valence-electron chi connectivity index (χ4n) is 4.08. The van der Waals surface area contributed by atoms with Crippen molar-refractivity contribution in [2.45, 2.75) is 25.0 Å². The van der Waals surface area contributed by atoms with Gasteiger partial charge < -0.3 is 9.64 Å². The summed E-state index contributed by atoms with van der Waals surface area (Å²) in [5, 5.41) is 0. The van der Waals surface area contributed by atoms with Gasteiger partial charge in [0.25, 0.3) is 5.91 Å². The van der Waals surface area contributed by atoms with Gasteiger partial charge >= 0.3 is 0 Å². The molecule has 0 bridgehead atoms. The van der Waals surface area contributed by atoms with Crippen molar-refractivity contribution in [1.29, 1.82) is 0 Å². The third-order valence-electron chi connectivity index (χ3n) is 5.41. The minimum absolute atomic E-state index is 0.0846. The minimum atomic E-state index is -0.860. The smallest absolute Gasteiger partial charge is 0.253 e. The largest absolute Gasteiger partial charge is 0.362 e. The van der Waals surface area contributed by atoms with Gasteiger partial charge in [-0.2, -0.15) is 0 Å². The van der Waals surface area contributed by atoms with E-state index < -0.39 is 23.1 Å². The highest BCUT2D eigenvalue weighted by molar-refractivity contribution is 5.95. The van der Waals surface area contributed by atoms with Crippen molar-refractivity contribution in [3.05, 3.63) is 65.5 Å². The molecule has 1 atom stereocenters. The number of hydrogen-bond donors (Lipinski definition) is 0. The van der Waals surface area contributed by atoms with Gasteiger partial charge in [-0.15, -0.1) is 0 Å². The van der Waals surface area contributed by atoms with Crippen LogP contribution in [0.3, 0.4) is 0 Å². The lowest BCUT2D eigenvalue weighted by Crippen LogP contribution is -2.61. The number of benzene rings is 2. The van der Waals surface area contributed by atoms with Crippen LogP contribution in [0.4, 0.5) is 18.9 Å². The first-order valence-electron chi connectivity index (χ1n) is 9.31. The molecule has 0 aliphatic carbocycles. The second kappa shape index (κ2) is 7.56. The van der Waals surface area contributed by atoms with Crippen LogP contribution in [0.2, 0.25) is 0 Å². The molecule has 0 N–H and O–H groups in total. The summed E-state index contributed by atoms with van der Waals surface area (Å²) in [6, 6.07) is 10.1. The quantitative estimate of drug-likeness (QED) is 0.804. The molecule has 4 nitrogen and oxygen atoms in total. The van der Waals surface area contributed by atoms with E-state index in [0.29, 0.717) is 24.3 Å². The Balaban J connectivity index is 1.52. The number of anilines is 1. The van der Waals surface area contributed by atoms with Crippen molar-refractivity contribution in [2.75, 3.05) is 31.1 Å². The highest BCUT2D eigenvalue weighted by Crippen LogP contribution is 2.32. The van der Waals surface area contributed by atoms with Crippen LogP contribution in [0.25, 0.3) is 0 Å². The lowest BCUT2D eigenvalue weighted by molar-refractivity contribution is -0.146. The van der Waals surface area contributed by atoms with E-state index in [4.69, 9.17) is 4.74 Å². The van der Waals surface area contributed by atoms with Crippen molar-refractivity contribution < 1.29 is 22.7 Å². The van der Waals surface area contributed by atoms with Gasteiger partial charge in [-0.3, -0.25) is 9.69 Å². The van der Waals surface area contributed by atoms with Crippen LogP contribution < -0.4 is 4.90 Å². The zero-order valence-electron chi connectivity index (χ0n) is 15.3. The summed E-state index contributed by atoms with van der Waals surface area (Å²) in [5.74, 6) is -2.31. The molecule has 4 rings (SSSR count). The summed E-state index contributed by atoms with van der Waals surface area (Å²) in [6.45, 7) is 1.70. The minimum Gasteiger partial charge on any atom is -0.362 e. The molecule has 28 heavy (non-hydrogen) atoms. The fraction of sp³-hybridized carbons (Fsp3) is 0.381. The number of halogens is 3. The summed E-state index contributed by atoms with van der Waals surface area (Å²) >= 11 is 0. The number of ether oxygens (including phenoxy) is 1. The van der Waals surface area contributed by atoms with Crippen LogP contribution in [0, 0.1) is 17.5 Å². The number of carbonyl (C=O) groups is 1. The van der Waals surface area contributed by atoms with Crippen LogP contribution in [0.5, 0.6) is 0 Å². The van der Waals surface area contributed by atoms with Gasteiger partial charge in [0.15, 0.2) is 11.6 Å². The Bertz CT molecular complexity index is 892. The first-order chi connectivity index (χ1) is 13.5. The van der Waals surface area contributed by atoms with E-state index in [-0.39, 0.29) is 19.1 Å². The van der Waals surface area contributed by atoms with Crippen molar-refractivity contribution in [3.63, 3.8) is 0 Å². The summed E-state index contributed by atoms with van der Waals surface area (Å²) in [5.41, 5.74) is 0.189. The van der Waals surface area contributed by atoms with Crippen LogP contribution in [-0.2, 0) is 16.1 Å². The van der Waals surface area contributed by atoms with Gasteiger partial charge in [0.1, 0.15) is 12.4 Å². The van der Waals surface area contributed by atoms with Gasteiger partial charge in [0.2, 0.25) is 0 Å². The second-order valence-electron chi connectivity index (χ2n) is 7.46. The van der Waals surface area contributed by atoms with Gasteiger partial charge in [-0.05, 0) is 43.7 Å². The van der Waals surface area contributed by atoms with Crippen molar-refractivity contribution in [2.24, 2.45) is 0 Å². The maximum Gasteiger partial charge on any atom is 0.253 e. The summed E-state index contributed by atoms with van der Waals surface area (Å²) < 4.78 is 47.1. The first-order valence-corrected chi connectivity index (χ1v) is 9.31. The van der Waals surface area contributed by atoms with E-state index in [9.17, 15) is 18.0 Å². The number of rotatable bonds is 3. The lowest BCUT2D eigenvalue weighted by atomic mass is 9.90. The Morgan fingerprint density at radius 2 is 1.89 bits per heavy atom. The monoisotopic (exact) mass is 390 g/mol. The molecule has 2 aliphatic heterocycles. The molecule has 2 saturated heterocycles. The molecule has 2 fully saturated rings. The SMILES string of the molecule is O=C1COC2(CCCN(Cc3cccc(F)c3F)C2)CN1c1cccc(F)c1. The second-order valence-corrected chi connectivity index (χ2v) is 7.46. The molecule has 1 amide bonds. The number of likely N-dealkylation sites (tertiary alicyclic amines) is 1. The Morgan fingerprint density at radius 3 is 2.71 bits per heavy atom. The highest BCUT2D eigenvalue weighted by Gasteiger charge is 2.43.